The Morgan fingerprint density at radius 2 is 1.76 bits per heavy atom. The fourth-order valence-electron chi connectivity index (χ4n) is 4.21. The Kier molecular flexibility index (Phi) is 5.44. The SMILES string of the molecule is Cn1c(=O)c(C(=O)CC(Nc2ccc3ccccc3c2)c2cccs2)c(O)c2ccccc21. The van der Waals surface area contributed by atoms with Crippen LogP contribution in [0.3, 0.4) is 0 Å². The summed E-state index contributed by atoms with van der Waals surface area (Å²) in [5.41, 5.74) is 0.807. The first kappa shape index (κ1) is 21.0. The molecule has 2 heterocycles. The van der Waals surface area contributed by atoms with Gasteiger partial charge in [-0.3, -0.25) is 9.59 Å². The highest BCUT2D eigenvalue weighted by molar-refractivity contribution is 7.10. The lowest BCUT2D eigenvalue weighted by molar-refractivity contribution is 0.0972. The highest BCUT2D eigenvalue weighted by atomic mass is 32.1. The van der Waals surface area contributed by atoms with Crippen LogP contribution < -0.4 is 10.9 Å². The number of nitrogens with zero attached hydrogens (tertiary/aromatic N) is 1. The maximum absolute atomic E-state index is 13.4. The number of pyridine rings is 1. The Morgan fingerprint density at radius 3 is 2.55 bits per heavy atom. The second-order valence-corrected chi connectivity index (χ2v) is 8.99. The molecule has 1 unspecified atom stereocenters. The molecule has 0 aliphatic heterocycles. The third kappa shape index (κ3) is 3.90. The zero-order chi connectivity index (χ0) is 22.9. The first-order chi connectivity index (χ1) is 16.0. The molecule has 0 amide bonds. The van der Waals surface area contributed by atoms with Crippen LogP contribution in [0.15, 0.2) is 89.0 Å². The molecule has 0 aliphatic carbocycles. The van der Waals surface area contributed by atoms with Crippen molar-refractivity contribution in [3.8, 4) is 5.75 Å². The summed E-state index contributed by atoms with van der Waals surface area (Å²) in [6, 6.07) is 24.8. The number of ketones is 1. The number of rotatable bonds is 6. The Bertz CT molecular complexity index is 1540. The van der Waals surface area contributed by atoms with Crippen molar-refractivity contribution in [1.82, 2.24) is 4.57 Å². The zero-order valence-corrected chi connectivity index (χ0v) is 18.8. The molecule has 5 nitrogen and oxygen atoms in total. The lowest BCUT2D eigenvalue weighted by Crippen LogP contribution is -2.26. The van der Waals surface area contributed by atoms with Gasteiger partial charge in [-0.15, -0.1) is 11.3 Å². The summed E-state index contributed by atoms with van der Waals surface area (Å²) in [6.45, 7) is 0. The van der Waals surface area contributed by atoms with Gasteiger partial charge in [0, 0.05) is 29.4 Å². The fourth-order valence-corrected chi connectivity index (χ4v) is 4.99. The van der Waals surface area contributed by atoms with Gasteiger partial charge in [-0.25, -0.2) is 0 Å². The van der Waals surface area contributed by atoms with Gasteiger partial charge in [0.25, 0.3) is 5.56 Å². The van der Waals surface area contributed by atoms with Crippen molar-refractivity contribution in [2.45, 2.75) is 12.5 Å². The van der Waals surface area contributed by atoms with E-state index in [2.05, 4.69) is 11.4 Å². The molecule has 5 aromatic rings. The molecule has 3 aromatic carbocycles. The van der Waals surface area contributed by atoms with Crippen molar-refractivity contribution < 1.29 is 9.90 Å². The molecule has 33 heavy (non-hydrogen) atoms. The molecule has 0 saturated heterocycles. The summed E-state index contributed by atoms with van der Waals surface area (Å²) in [7, 11) is 1.62. The first-order valence-electron chi connectivity index (χ1n) is 10.7. The third-order valence-corrected chi connectivity index (χ3v) is 6.91. The van der Waals surface area contributed by atoms with E-state index in [0.29, 0.717) is 10.9 Å². The van der Waals surface area contributed by atoms with Gasteiger partial charge in [0.1, 0.15) is 11.3 Å². The number of benzene rings is 3. The maximum Gasteiger partial charge on any atom is 0.265 e. The molecule has 2 N–H and O–H groups in total. The van der Waals surface area contributed by atoms with E-state index < -0.39 is 11.3 Å². The molecule has 2 aromatic heterocycles. The number of para-hydroxylation sites is 1. The van der Waals surface area contributed by atoms with E-state index >= 15 is 0 Å². The molecule has 164 valence electrons. The molecule has 0 bridgehead atoms. The number of hydrogen-bond acceptors (Lipinski definition) is 5. The lowest BCUT2D eigenvalue weighted by Gasteiger charge is -2.19. The number of hydrogen-bond donors (Lipinski definition) is 2. The summed E-state index contributed by atoms with van der Waals surface area (Å²) in [6.07, 6.45) is 0.0362. The van der Waals surface area contributed by atoms with E-state index in [1.807, 2.05) is 53.9 Å². The Labute approximate surface area is 194 Å². The maximum atomic E-state index is 13.4. The molecule has 0 spiro atoms. The fraction of sp³-hybridized carbons (Fsp3) is 0.111. The van der Waals surface area contributed by atoms with E-state index in [9.17, 15) is 14.7 Å². The number of fused-ring (bicyclic) bond motifs is 2. The zero-order valence-electron chi connectivity index (χ0n) is 18.0. The van der Waals surface area contributed by atoms with Gasteiger partial charge in [-0.1, -0.05) is 48.5 Å². The molecule has 5 rings (SSSR count). The number of thiophene rings is 1. The van der Waals surface area contributed by atoms with Crippen LogP contribution in [0.5, 0.6) is 5.75 Å². The molecule has 1 atom stereocenters. The van der Waals surface area contributed by atoms with Crippen LogP contribution in [0, 0.1) is 0 Å². The number of carbonyl (C=O) groups is 1. The highest BCUT2D eigenvalue weighted by Gasteiger charge is 2.25. The Morgan fingerprint density at radius 1 is 1.00 bits per heavy atom. The first-order valence-corrected chi connectivity index (χ1v) is 11.5. The number of nitrogens with one attached hydrogen (secondary N) is 1. The smallest absolute Gasteiger partial charge is 0.265 e. The van der Waals surface area contributed by atoms with Crippen molar-refractivity contribution in [2.75, 3.05) is 5.32 Å². The monoisotopic (exact) mass is 454 g/mol. The summed E-state index contributed by atoms with van der Waals surface area (Å²) in [5, 5.41) is 19.0. The minimum absolute atomic E-state index is 0.0362. The average molecular weight is 455 g/mol. The topological polar surface area (TPSA) is 71.3 Å². The minimum atomic E-state index is -0.494. The quantitative estimate of drug-likeness (QED) is 0.314. The van der Waals surface area contributed by atoms with Crippen molar-refractivity contribution in [3.63, 3.8) is 0 Å². The van der Waals surface area contributed by atoms with E-state index in [-0.39, 0.29) is 23.8 Å². The molecule has 0 aliphatic rings. The average Bonchev–Trinajstić information content (AvgIpc) is 3.37. The summed E-state index contributed by atoms with van der Waals surface area (Å²) >= 11 is 1.54. The molecule has 0 saturated carbocycles. The minimum Gasteiger partial charge on any atom is -0.506 e. The lowest BCUT2D eigenvalue weighted by atomic mass is 10.00. The van der Waals surface area contributed by atoms with Gasteiger partial charge < -0.3 is 15.0 Å². The standard InChI is InChI=1S/C27H22N2O3S/c1-29-22-10-5-4-9-20(22)26(31)25(27(29)32)23(30)16-21(24-11-6-14-33-24)28-19-13-12-17-7-2-3-8-18(17)15-19/h2-15,21,28,31H,16H2,1H3. The number of aryl methyl sites for hydroxylation is 1. The van der Waals surface area contributed by atoms with Crippen LogP contribution in [-0.2, 0) is 7.05 Å². The summed E-state index contributed by atoms with van der Waals surface area (Å²) in [4.78, 5) is 27.3. The van der Waals surface area contributed by atoms with Crippen molar-refractivity contribution in [3.05, 3.63) is 105 Å². The second kappa shape index (κ2) is 8.56. The van der Waals surface area contributed by atoms with E-state index in [4.69, 9.17) is 0 Å². The number of carbonyl (C=O) groups excluding carboxylic acids is 1. The van der Waals surface area contributed by atoms with Gasteiger partial charge in [-0.05, 0) is 46.5 Å². The summed E-state index contributed by atoms with van der Waals surface area (Å²) in [5.74, 6) is -0.653. The number of aromatic hydroxyl groups is 1. The third-order valence-electron chi connectivity index (χ3n) is 5.92. The molecule has 0 radical (unpaired) electrons. The van der Waals surface area contributed by atoms with Crippen LogP contribution in [-0.4, -0.2) is 15.5 Å². The predicted octanol–water partition coefficient (Wildman–Crippen LogP) is 5.89. The number of Topliss-reactive ketones (excluding diaryl/α,β-unsaturated/α-hetero) is 1. The van der Waals surface area contributed by atoms with Crippen LogP contribution in [0.25, 0.3) is 21.7 Å². The van der Waals surface area contributed by atoms with Crippen molar-refractivity contribution >= 4 is 44.5 Å². The summed E-state index contributed by atoms with van der Waals surface area (Å²) < 4.78 is 1.42. The normalized spacial score (nSPS) is 12.2. The Balaban J connectivity index is 1.51. The van der Waals surface area contributed by atoms with Gasteiger partial charge in [0.15, 0.2) is 5.78 Å². The van der Waals surface area contributed by atoms with Gasteiger partial charge in [-0.2, -0.15) is 0 Å². The van der Waals surface area contributed by atoms with E-state index in [1.165, 1.54) is 4.57 Å². The van der Waals surface area contributed by atoms with E-state index in [1.54, 1.807) is 42.6 Å². The van der Waals surface area contributed by atoms with Gasteiger partial charge >= 0.3 is 0 Å². The van der Waals surface area contributed by atoms with Crippen LogP contribution >= 0.6 is 11.3 Å². The van der Waals surface area contributed by atoms with Gasteiger partial charge in [0.05, 0.1) is 11.6 Å². The predicted molar refractivity (Wildman–Crippen MR) is 134 cm³/mol. The van der Waals surface area contributed by atoms with Gasteiger partial charge in [0.2, 0.25) is 0 Å². The molecule has 0 fully saturated rings. The number of aromatic nitrogens is 1. The Hall–Kier alpha value is -3.90. The molecular weight excluding hydrogens is 432 g/mol. The highest BCUT2D eigenvalue weighted by Crippen LogP contribution is 2.32. The number of anilines is 1. The second-order valence-electron chi connectivity index (χ2n) is 8.01. The largest absolute Gasteiger partial charge is 0.506 e. The van der Waals surface area contributed by atoms with Crippen molar-refractivity contribution in [2.24, 2.45) is 7.05 Å². The molecule has 6 heteroatoms. The molecular formula is C27H22N2O3S. The van der Waals surface area contributed by atoms with E-state index in [0.717, 1.165) is 21.3 Å². The van der Waals surface area contributed by atoms with Crippen molar-refractivity contribution in [1.29, 1.82) is 0 Å². The van der Waals surface area contributed by atoms with Crippen LogP contribution in [0.1, 0.15) is 27.7 Å². The van der Waals surface area contributed by atoms with Crippen LogP contribution in [0.4, 0.5) is 5.69 Å². The van der Waals surface area contributed by atoms with Crippen LogP contribution in [0.2, 0.25) is 0 Å².